The van der Waals surface area contributed by atoms with E-state index in [9.17, 15) is 4.79 Å². The molecule has 0 aromatic carbocycles. The zero-order valence-corrected chi connectivity index (χ0v) is 6.10. The molecule has 10 heavy (non-hydrogen) atoms. The van der Waals surface area contributed by atoms with Crippen molar-refractivity contribution >= 4 is 5.91 Å². The molecule has 56 valence electrons. The SMILES string of the molecule is C=CC1CCCNC(=O)C1. The summed E-state index contributed by atoms with van der Waals surface area (Å²) in [5, 5.41) is 2.82. The zero-order chi connectivity index (χ0) is 7.40. The van der Waals surface area contributed by atoms with E-state index in [4.69, 9.17) is 0 Å². The van der Waals surface area contributed by atoms with Crippen LogP contribution in [0.25, 0.3) is 0 Å². The van der Waals surface area contributed by atoms with Crippen LogP contribution in [-0.4, -0.2) is 12.5 Å². The van der Waals surface area contributed by atoms with Gasteiger partial charge in [0, 0.05) is 13.0 Å². The lowest BCUT2D eigenvalue weighted by Crippen LogP contribution is -2.22. The van der Waals surface area contributed by atoms with Gasteiger partial charge in [-0.1, -0.05) is 6.08 Å². The lowest BCUT2D eigenvalue weighted by atomic mass is 10.0. The van der Waals surface area contributed by atoms with E-state index in [2.05, 4.69) is 11.9 Å². The highest BCUT2D eigenvalue weighted by molar-refractivity contribution is 5.76. The van der Waals surface area contributed by atoms with Gasteiger partial charge in [0.25, 0.3) is 0 Å². The Kier molecular flexibility index (Phi) is 2.49. The molecule has 1 aliphatic heterocycles. The minimum Gasteiger partial charge on any atom is -0.356 e. The molecule has 0 aromatic heterocycles. The van der Waals surface area contributed by atoms with Crippen molar-refractivity contribution in [2.24, 2.45) is 5.92 Å². The van der Waals surface area contributed by atoms with E-state index in [0.29, 0.717) is 12.3 Å². The summed E-state index contributed by atoms with van der Waals surface area (Å²) in [5.74, 6) is 0.574. The first-order valence-electron chi connectivity index (χ1n) is 3.72. The van der Waals surface area contributed by atoms with Crippen LogP contribution in [0.4, 0.5) is 0 Å². The van der Waals surface area contributed by atoms with E-state index in [1.807, 2.05) is 6.08 Å². The summed E-state index contributed by atoms with van der Waals surface area (Å²) in [4.78, 5) is 10.9. The summed E-state index contributed by atoms with van der Waals surface area (Å²) in [6.07, 6.45) is 4.69. The van der Waals surface area contributed by atoms with Gasteiger partial charge in [-0.25, -0.2) is 0 Å². The van der Waals surface area contributed by atoms with Gasteiger partial charge in [0.1, 0.15) is 0 Å². The number of carbonyl (C=O) groups excluding carboxylic acids is 1. The molecular weight excluding hydrogens is 126 g/mol. The fourth-order valence-corrected chi connectivity index (χ4v) is 1.21. The Morgan fingerprint density at radius 2 is 2.50 bits per heavy atom. The third-order valence-corrected chi connectivity index (χ3v) is 1.85. The minimum atomic E-state index is 0.169. The Hall–Kier alpha value is -0.790. The quantitative estimate of drug-likeness (QED) is 0.541. The number of carbonyl (C=O) groups is 1. The van der Waals surface area contributed by atoms with Crippen LogP contribution in [0.15, 0.2) is 12.7 Å². The van der Waals surface area contributed by atoms with Crippen LogP contribution in [0.3, 0.4) is 0 Å². The Morgan fingerprint density at radius 3 is 3.20 bits per heavy atom. The van der Waals surface area contributed by atoms with Crippen LogP contribution in [-0.2, 0) is 4.79 Å². The summed E-state index contributed by atoms with van der Waals surface area (Å²) < 4.78 is 0. The van der Waals surface area contributed by atoms with Gasteiger partial charge in [-0.2, -0.15) is 0 Å². The van der Waals surface area contributed by atoms with Gasteiger partial charge in [0.2, 0.25) is 5.91 Å². The summed E-state index contributed by atoms with van der Waals surface area (Å²) >= 11 is 0. The predicted octanol–water partition coefficient (Wildman–Crippen LogP) is 1.09. The summed E-state index contributed by atoms with van der Waals surface area (Å²) in [5.41, 5.74) is 0. The molecule has 0 spiro atoms. The van der Waals surface area contributed by atoms with E-state index in [1.54, 1.807) is 0 Å². The molecule has 0 aromatic rings. The van der Waals surface area contributed by atoms with Crippen molar-refractivity contribution in [2.45, 2.75) is 19.3 Å². The predicted molar refractivity (Wildman–Crippen MR) is 40.5 cm³/mol. The monoisotopic (exact) mass is 139 g/mol. The molecule has 0 bridgehead atoms. The van der Waals surface area contributed by atoms with Crippen LogP contribution in [0, 0.1) is 5.92 Å². The second-order valence-electron chi connectivity index (χ2n) is 2.69. The van der Waals surface area contributed by atoms with Crippen LogP contribution >= 0.6 is 0 Å². The maximum atomic E-state index is 10.9. The van der Waals surface area contributed by atoms with Gasteiger partial charge in [-0.05, 0) is 18.8 Å². The molecule has 1 amide bonds. The molecule has 1 fully saturated rings. The largest absolute Gasteiger partial charge is 0.356 e. The standard InChI is InChI=1S/C8H13NO/c1-2-7-4-3-5-9-8(10)6-7/h2,7H,1,3-6H2,(H,9,10). The molecule has 0 aliphatic carbocycles. The Morgan fingerprint density at radius 1 is 1.70 bits per heavy atom. The third-order valence-electron chi connectivity index (χ3n) is 1.85. The van der Waals surface area contributed by atoms with Crippen molar-refractivity contribution < 1.29 is 4.79 Å². The first-order valence-corrected chi connectivity index (χ1v) is 3.72. The molecule has 1 unspecified atom stereocenters. The Bertz CT molecular complexity index is 142. The van der Waals surface area contributed by atoms with Crippen molar-refractivity contribution in [3.05, 3.63) is 12.7 Å². The van der Waals surface area contributed by atoms with E-state index in [1.165, 1.54) is 0 Å². The number of amides is 1. The molecular formula is C8H13NO. The Labute approximate surface area is 61.3 Å². The average molecular weight is 139 g/mol. The highest BCUT2D eigenvalue weighted by atomic mass is 16.1. The van der Waals surface area contributed by atoms with Crippen LogP contribution in [0.5, 0.6) is 0 Å². The second kappa shape index (κ2) is 3.40. The Balaban J connectivity index is 2.45. The molecule has 1 saturated heterocycles. The number of rotatable bonds is 1. The fourth-order valence-electron chi connectivity index (χ4n) is 1.21. The molecule has 1 heterocycles. The molecule has 2 heteroatoms. The molecule has 1 atom stereocenters. The third kappa shape index (κ3) is 1.87. The average Bonchev–Trinajstić information content (AvgIpc) is 2.13. The normalized spacial score (nSPS) is 26.8. The molecule has 1 rings (SSSR count). The topological polar surface area (TPSA) is 29.1 Å². The number of nitrogens with one attached hydrogen (secondary N) is 1. The minimum absolute atomic E-state index is 0.169. The summed E-state index contributed by atoms with van der Waals surface area (Å²) in [7, 11) is 0. The summed E-state index contributed by atoms with van der Waals surface area (Å²) in [6.45, 7) is 4.52. The lowest BCUT2D eigenvalue weighted by molar-refractivity contribution is -0.121. The molecule has 2 nitrogen and oxygen atoms in total. The highest BCUT2D eigenvalue weighted by Crippen LogP contribution is 2.14. The van der Waals surface area contributed by atoms with Crippen molar-refractivity contribution in [3.8, 4) is 0 Å². The van der Waals surface area contributed by atoms with E-state index in [-0.39, 0.29) is 5.91 Å². The maximum Gasteiger partial charge on any atom is 0.220 e. The second-order valence-corrected chi connectivity index (χ2v) is 2.69. The number of hydrogen-bond acceptors (Lipinski definition) is 1. The van der Waals surface area contributed by atoms with Crippen LogP contribution in [0.2, 0.25) is 0 Å². The van der Waals surface area contributed by atoms with Gasteiger partial charge < -0.3 is 5.32 Å². The van der Waals surface area contributed by atoms with E-state index in [0.717, 1.165) is 19.4 Å². The van der Waals surface area contributed by atoms with Gasteiger partial charge in [-0.15, -0.1) is 6.58 Å². The zero-order valence-electron chi connectivity index (χ0n) is 6.10. The molecule has 1 N–H and O–H groups in total. The molecule has 0 saturated carbocycles. The lowest BCUT2D eigenvalue weighted by Gasteiger charge is -2.03. The van der Waals surface area contributed by atoms with Crippen molar-refractivity contribution in [1.82, 2.24) is 5.32 Å². The van der Waals surface area contributed by atoms with Crippen molar-refractivity contribution in [1.29, 1.82) is 0 Å². The van der Waals surface area contributed by atoms with Gasteiger partial charge in [-0.3, -0.25) is 4.79 Å². The van der Waals surface area contributed by atoms with E-state index >= 15 is 0 Å². The number of hydrogen-bond donors (Lipinski definition) is 1. The molecule has 0 radical (unpaired) electrons. The van der Waals surface area contributed by atoms with Gasteiger partial charge in [0.05, 0.1) is 0 Å². The van der Waals surface area contributed by atoms with Gasteiger partial charge in [0.15, 0.2) is 0 Å². The highest BCUT2D eigenvalue weighted by Gasteiger charge is 2.13. The van der Waals surface area contributed by atoms with Crippen LogP contribution in [0.1, 0.15) is 19.3 Å². The molecule has 1 aliphatic rings. The van der Waals surface area contributed by atoms with Gasteiger partial charge >= 0.3 is 0 Å². The smallest absolute Gasteiger partial charge is 0.220 e. The van der Waals surface area contributed by atoms with Crippen molar-refractivity contribution in [2.75, 3.05) is 6.54 Å². The van der Waals surface area contributed by atoms with Crippen LogP contribution < -0.4 is 5.32 Å². The maximum absolute atomic E-state index is 10.9. The first kappa shape index (κ1) is 7.32. The fraction of sp³-hybridized carbons (Fsp3) is 0.625. The first-order chi connectivity index (χ1) is 4.83. The number of allylic oxidation sites excluding steroid dienone is 1. The summed E-state index contributed by atoms with van der Waals surface area (Å²) in [6, 6.07) is 0. The van der Waals surface area contributed by atoms with E-state index < -0.39 is 0 Å². The van der Waals surface area contributed by atoms with Crippen molar-refractivity contribution in [3.63, 3.8) is 0 Å².